The number of alkyl halides is 3. The quantitative estimate of drug-likeness (QED) is 0.829. The van der Waals surface area contributed by atoms with Gasteiger partial charge in [0.15, 0.2) is 0 Å². The molecule has 0 aromatic heterocycles. The number of hydrogen-bond acceptors (Lipinski definition) is 4. The van der Waals surface area contributed by atoms with Gasteiger partial charge in [0.1, 0.15) is 0 Å². The Morgan fingerprint density at radius 2 is 2.08 bits per heavy atom. The van der Waals surface area contributed by atoms with Crippen molar-refractivity contribution >= 4 is 7.05 Å². The minimum Gasteiger partial charge on any atom is -0.437 e. The molecule has 1 N–H and O–H groups in total. The summed E-state index contributed by atoms with van der Waals surface area (Å²) in [4.78, 5) is 3.43. The van der Waals surface area contributed by atoms with Crippen LogP contribution in [0.2, 0.25) is 6.82 Å². The Morgan fingerprint density at radius 1 is 1.42 bits per heavy atom. The Balaban J connectivity index is 2.41. The fraction of sp³-hybridized carbons (Fsp3) is 0.625. The van der Waals surface area contributed by atoms with Crippen LogP contribution >= 0.6 is 0 Å². The second-order valence-corrected chi connectivity index (χ2v) is 5.96. The summed E-state index contributed by atoms with van der Waals surface area (Å²) in [6, 6.07) is 2.39. The summed E-state index contributed by atoms with van der Waals surface area (Å²) in [7, 11) is -3.74. The zero-order valence-corrected chi connectivity index (χ0v) is 13.5. The molecule has 0 spiro atoms. The molecule has 1 saturated heterocycles. The Morgan fingerprint density at radius 3 is 2.58 bits per heavy atom. The van der Waals surface area contributed by atoms with E-state index in [0.29, 0.717) is 13.1 Å². The maximum atomic E-state index is 12.9. The third-order valence-electron chi connectivity index (χ3n) is 4.29. The van der Waals surface area contributed by atoms with Gasteiger partial charge >= 0.3 is 13.2 Å². The monoisotopic (exact) mass is 349 g/mol. The molecule has 1 fully saturated rings. The van der Waals surface area contributed by atoms with Gasteiger partial charge in [0, 0.05) is 32.7 Å². The highest BCUT2D eigenvalue weighted by molar-refractivity contribution is 6.45. The average Bonchev–Trinajstić information content (AvgIpc) is 2.53. The van der Waals surface area contributed by atoms with E-state index >= 15 is 0 Å². The molecular weight excluding hydrogens is 320 g/mol. The summed E-state index contributed by atoms with van der Waals surface area (Å²) in [5.41, 5.74) is -0.714. The molecule has 2 rings (SSSR count). The molecule has 8 heteroatoms. The van der Waals surface area contributed by atoms with E-state index in [2.05, 4.69) is 0 Å². The summed E-state index contributed by atoms with van der Waals surface area (Å²) in [6.45, 7) is 1.69. The Labute approximate surface area is 148 Å². The molecule has 24 heavy (non-hydrogen) atoms. The van der Waals surface area contributed by atoms with Crippen molar-refractivity contribution in [2.75, 3.05) is 33.2 Å². The molecule has 0 radical (unpaired) electrons. The van der Waals surface area contributed by atoms with E-state index in [4.69, 9.17) is 11.6 Å². The SMILES string of the molecule is [2H]C([2H])([2H])OC([2H])([2H])[C@@H](c1ccc(C(F)(F)F)cc1)N1CCN(B(C)O)C[C@@H]1C. The fourth-order valence-electron chi connectivity index (χ4n) is 2.96. The number of piperazine rings is 1. The molecule has 1 heterocycles. The predicted octanol–water partition coefficient (Wildman–Crippen LogP) is 2.51. The molecule has 1 aliphatic heterocycles. The molecule has 0 amide bonds. The van der Waals surface area contributed by atoms with Gasteiger partial charge in [-0.1, -0.05) is 12.1 Å². The first-order chi connectivity index (χ1) is 13.1. The van der Waals surface area contributed by atoms with Crippen molar-refractivity contribution in [3.8, 4) is 0 Å². The van der Waals surface area contributed by atoms with Gasteiger partial charge < -0.3 is 14.6 Å². The molecule has 1 aliphatic rings. The molecule has 1 aromatic rings. The molecule has 0 aliphatic carbocycles. The van der Waals surface area contributed by atoms with E-state index in [1.54, 1.807) is 23.5 Å². The smallest absolute Gasteiger partial charge is 0.416 e. The first-order valence-corrected chi connectivity index (χ1v) is 7.67. The topological polar surface area (TPSA) is 35.9 Å². The lowest BCUT2D eigenvalue weighted by molar-refractivity contribution is -0.137. The van der Waals surface area contributed by atoms with E-state index in [1.165, 1.54) is 0 Å². The molecule has 1 aromatic carbocycles. The standard InChI is InChI=1S/C16H24BF3N2O2/c1-12-10-21(17(2)23)8-9-22(12)15(11-24-3)13-4-6-14(7-5-13)16(18,19)20/h4-7,12,15,23H,8-11H2,1-3H3/t12-,15-/m0/s1/i3D3,11D2. The lowest BCUT2D eigenvalue weighted by atomic mass is 9.83. The Bertz CT molecular complexity index is 689. The largest absolute Gasteiger partial charge is 0.437 e. The summed E-state index contributed by atoms with van der Waals surface area (Å²) in [6.07, 6.45) is -4.54. The predicted molar refractivity (Wildman–Crippen MR) is 87.6 cm³/mol. The van der Waals surface area contributed by atoms with Crippen molar-refractivity contribution < 1.29 is 29.8 Å². The minimum atomic E-state index is -4.54. The van der Waals surface area contributed by atoms with E-state index in [1.807, 2.05) is 0 Å². The van der Waals surface area contributed by atoms with Crippen LogP contribution < -0.4 is 0 Å². The van der Waals surface area contributed by atoms with Gasteiger partial charge in [-0.25, -0.2) is 0 Å². The minimum absolute atomic E-state index is 0.171. The highest BCUT2D eigenvalue weighted by Crippen LogP contribution is 2.32. The fourth-order valence-corrected chi connectivity index (χ4v) is 2.96. The molecule has 2 atom stereocenters. The van der Waals surface area contributed by atoms with Gasteiger partial charge in [-0.2, -0.15) is 13.2 Å². The van der Waals surface area contributed by atoms with Gasteiger partial charge in [-0.05, 0) is 31.4 Å². The van der Waals surface area contributed by atoms with Crippen LogP contribution in [-0.4, -0.2) is 61.1 Å². The maximum absolute atomic E-state index is 12.9. The maximum Gasteiger partial charge on any atom is 0.416 e. The molecule has 134 valence electrons. The van der Waals surface area contributed by atoms with Gasteiger partial charge in [-0.3, -0.25) is 4.90 Å². The van der Waals surface area contributed by atoms with E-state index < -0.39 is 38.4 Å². The lowest BCUT2D eigenvalue weighted by Crippen LogP contribution is -2.57. The number of rotatable bonds is 5. The van der Waals surface area contributed by atoms with Crippen molar-refractivity contribution in [3.05, 3.63) is 35.4 Å². The van der Waals surface area contributed by atoms with E-state index in [9.17, 15) is 18.2 Å². The second-order valence-electron chi connectivity index (χ2n) is 5.96. The Kier molecular flexibility index (Phi) is 4.31. The number of nitrogens with zero attached hydrogens (tertiary/aromatic N) is 2. The first kappa shape index (κ1) is 13.2. The van der Waals surface area contributed by atoms with Gasteiger partial charge in [0.05, 0.1) is 25.0 Å². The molecule has 0 bridgehead atoms. The van der Waals surface area contributed by atoms with Crippen LogP contribution in [0, 0.1) is 0 Å². The molecule has 4 nitrogen and oxygen atoms in total. The van der Waals surface area contributed by atoms with Crippen LogP contribution in [0.5, 0.6) is 0 Å². The second kappa shape index (κ2) is 7.86. The number of benzene rings is 1. The zero-order valence-electron chi connectivity index (χ0n) is 18.5. The van der Waals surface area contributed by atoms with Gasteiger partial charge in [0.25, 0.3) is 0 Å². The van der Waals surface area contributed by atoms with Crippen LogP contribution in [0.4, 0.5) is 13.2 Å². The average molecular weight is 349 g/mol. The van der Waals surface area contributed by atoms with Gasteiger partial charge in [0.2, 0.25) is 0 Å². The Hall–Kier alpha value is -1.09. The van der Waals surface area contributed by atoms with Crippen molar-refractivity contribution in [1.29, 1.82) is 0 Å². The first-order valence-electron chi connectivity index (χ1n) is 10.2. The van der Waals surface area contributed by atoms with Crippen molar-refractivity contribution in [2.24, 2.45) is 0 Å². The van der Waals surface area contributed by atoms with Crippen molar-refractivity contribution in [3.63, 3.8) is 0 Å². The number of methoxy groups -OCH3 is 1. The number of ether oxygens (including phenoxy) is 1. The van der Waals surface area contributed by atoms with E-state index in [-0.39, 0.29) is 18.2 Å². The van der Waals surface area contributed by atoms with Crippen LogP contribution in [0.15, 0.2) is 24.3 Å². The zero-order chi connectivity index (χ0) is 22.2. The highest BCUT2D eigenvalue weighted by Gasteiger charge is 2.34. The van der Waals surface area contributed by atoms with Crippen LogP contribution in [-0.2, 0) is 10.9 Å². The van der Waals surface area contributed by atoms with Crippen LogP contribution in [0.25, 0.3) is 0 Å². The lowest BCUT2D eigenvalue weighted by Gasteiger charge is -2.44. The summed E-state index contributed by atoms with van der Waals surface area (Å²) in [5, 5.41) is 9.78. The van der Waals surface area contributed by atoms with E-state index in [0.717, 1.165) is 24.3 Å². The van der Waals surface area contributed by atoms with Crippen LogP contribution in [0.1, 0.15) is 30.9 Å². The third kappa shape index (κ3) is 4.50. The van der Waals surface area contributed by atoms with Gasteiger partial charge in [-0.15, -0.1) is 0 Å². The molecule has 0 saturated carbocycles. The number of hydrogen-bond donors (Lipinski definition) is 1. The molecule has 0 unspecified atom stereocenters. The van der Waals surface area contributed by atoms with Crippen molar-refractivity contribution in [2.45, 2.75) is 32.0 Å². The highest BCUT2D eigenvalue weighted by atomic mass is 19.4. The summed E-state index contributed by atoms with van der Waals surface area (Å²) >= 11 is 0. The third-order valence-corrected chi connectivity index (χ3v) is 4.29. The number of halogens is 3. The molecular formula is C16H24BF3N2O2. The van der Waals surface area contributed by atoms with Crippen molar-refractivity contribution in [1.82, 2.24) is 9.71 Å². The summed E-state index contributed by atoms with van der Waals surface area (Å²) < 4.78 is 81.8. The summed E-state index contributed by atoms with van der Waals surface area (Å²) in [5.74, 6) is 0. The normalized spacial score (nSPS) is 25.9. The van der Waals surface area contributed by atoms with Crippen LogP contribution in [0.3, 0.4) is 0 Å².